The van der Waals surface area contributed by atoms with Crippen LogP contribution >= 0.6 is 0 Å². The second kappa shape index (κ2) is 5.65. The van der Waals surface area contributed by atoms with Crippen molar-refractivity contribution in [3.63, 3.8) is 0 Å². The van der Waals surface area contributed by atoms with Crippen molar-refractivity contribution in [2.75, 3.05) is 6.54 Å². The summed E-state index contributed by atoms with van der Waals surface area (Å²) in [5, 5.41) is 0. The highest BCUT2D eigenvalue weighted by Gasteiger charge is 2.51. The van der Waals surface area contributed by atoms with Crippen molar-refractivity contribution < 1.29 is 4.79 Å². The molecule has 1 saturated carbocycles. The van der Waals surface area contributed by atoms with E-state index < -0.39 is 0 Å². The summed E-state index contributed by atoms with van der Waals surface area (Å²) in [6, 6.07) is 8.14. The Morgan fingerprint density at radius 2 is 2.04 bits per heavy atom. The molecular weight excluding hydrogens is 310 g/mol. The molecule has 4 rings (SSSR count). The van der Waals surface area contributed by atoms with Crippen LogP contribution in [0.2, 0.25) is 0 Å². The van der Waals surface area contributed by atoms with Gasteiger partial charge in [-0.05, 0) is 42.2 Å². The summed E-state index contributed by atoms with van der Waals surface area (Å²) in [5.74, 6) is 0.150. The highest BCUT2D eigenvalue weighted by atomic mass is 16.2. The minimum absolute atomic E-state index is 0.150. The summed E-state index contributed by atoms with van der Waals surface area (Å²) >= 11 is 0. The summed E-state index contributed by atoms with van der Waals surface area (Å²) in [4.78, 5) is 23.8. The lowest BCUT2D eigenvalue weighted by atomic mass is 9.65. The molecule has 1 saturated heterocycles. The molecule has 130 valence electrons. The van der Waals surface area contributed by atoms with E-state index in [-0.39, 0.29) is 11.3 Å². The van der Waals surface area contributed by atoms with Crippen LogP contribution in [0.25, 0.3) is 11.3 Å². The summed E-state index contributed by atoms with van der Waals surface area (Å²) in [7, 11) is 0. The number of carbonyl (C=O) groups excluding carboxylic acids is 1. The number of hydrogen-bond acceptors (Lipinski definition) is 3. The van der Waals surface area contributed by atoms with Gasteiger partial charge in [0.2, 0.25) is 0 Å². The Morgan fingerprint density at radius 1 is 1.20 bits per heavy atom. The number of nitrogens with zero attached hydrogens (tertiary/aromatic N) is 3. The maximum atomic E-state index is 13.2. The number of benzene rings is 1. The van der Waals surface area contributed by atoms with Crippen molar-refractivity contribution in [3.8, 4) is 11.3 Å². The first-order valence-corrected chi connectivity index (χ1v) is 9.03. The molecule has 1 amide bonds. The average molecular weight is 335 g/mol. The minimum Gasteiger partial charge on any atom is -0.335 e. The molecule has 2 bridgehead atoms. The molecular formula is C21H25N3O. The largest absolute Gasteiger partial charge is 0.335 e. The summed E-state index contributed by atoms with van der Waals surface area (Å²) in [5.41, 5.74) is 3.05. The molecule has 2 aromatic rings. The van der Waals surface area contributed by atoms with E-state index in [4.69, 9.17) is 0 Å². The summed E-state index contributed by atoms with van der Waals surface area (Å²) < 4.78 is 0. The molecule has 2 heterocycles. The maximum Gasteiger partial charge on any atom is 0.254 e. The van der Waals surface area contributed by atoms with Crippen LogP contribution in [-0.4, -0.2) is 33.4 Å². The third-order valence-corrected chi connectivity index (χ3v) is 5.64. The highest BCUT2D eigenvalue weighted by Crippen LogP contribution is 2.52. The first kappa shape index (κ1) is 16.2. The van der Waals surface area contributed by atoms with E-state index in [1.807, 2.05) is 24.3 Å². The van der Waals surface area contributed by atoms with E-state index in [1.54, 1.807) is 18.6 Å². The number of amides is 1. The number of rotatable bonds is 2. The van der Waals surface area contributed by atoms with E-state index >= 15 is 0 Å². The molecule has 1 aromatic heterocycles. The molecule has 1 aromatic carbocycles. The normalized spacial score (nSPS) is 27.3. The fraction of sp³-hybridized carbons (Fsp3) is 0.476. The molecule has 4 nitrogen and oxygen atoms in total. The van der Waals surface area contributed by atoms with Gasteiger partial charge >= 0.3 is 0 Å². The Balaban J connectivity index is 1.62. The van der Waals surface area contributed by atoms with Gasteiger partial charge in [0.1, 0.15) is 0 Å². The molecule has 25 heavy (non-hydrogen) atoms. The van der Waals surface area contributed by atoms with Crippen LogP contribution in [-0.2, 0) is 0 Å². The maximum absolute atomic E-state index is 13.2. The Kier molecular flexibility index (Phi) is 3.67. The molecule has 2 aliphatic rings. The predicted molar refractivity (Wildman–Crippen MR) is 98.0 cm³/mol. The molecule has 4 heteroatoms. The van der Waals surface area contributed by atoms with Crippen molar-refractivity contribution in [2.45, 2.75) is 46.1 Å². The van der Waals surface area contributed by atoms with E-state index in [0.29, 0.717) is 11.5 Å². The van der Waals surface area contributed by atoms with Gasteiger partial charge in [-0.25, -0.2) is 0 Å². The Bertz CT molecular complexity index is 802. The first-order valence-electron chi connectivity index (χ1n) is 9.03. The third-order valence-electron chi connectivity index (χ3n) is 5.64. The van der Waals surface area contributed by atoms with Crippen LogP contribution in [0.15, 0.2) is 42.9 Å². The molecule has 0 unspecified atom stereocenters. The molecule has 0 N–H and O–H groups in total. The number of carbonyl (C=O) groups is 1. The standard InChI is InChI=1S/C21H25N3O/c1-20(2)10-17-11-21(3,13-20)14-24(17)19(25)16-6-4-5-15(9-16)18-12-22-7-8-23-18/h4-9,12,17H,10-11,13-14H2,1-3H3/t17-,21-/m1/s1. The fourth-order valence-electron chi connectivity index (χ4n) is 5.12. The smallest absolute Gasteiger partial charge is 0.254 e. The van der Waals surface area contributed by atoms with Gasteiger partial charge in [0.25, 0.3) is 5.91 Å². The zero-order valence-corrected chi connectivity index (χ0v) is 15.2. The lowest BCUT2D eigenvalue weighted by Gasteiger charge is -2.39. The van der Waals surface area contributed by atoms with Crippen molar-refractivity contribution in [1.29, 1.82) is 0 Å². The molecule has 2 atom stereocenters. The fourth-order valence-corrected chi connectivity index (χ4v) is 5.12. The van der Waals surface area contributed by atoms with Crippen LogP contribution in [0.3, 0.4) is 0 Å². The molecule has 1 aliphatic heterocycles. The third kappa shape index (κ3) is 3.06. The first-order chi connectivity index (χ1) is 11.9. The number of fused-ring (bicyclic) bond motifs is 2. The molecule has 1 aliphatic carbocycles. The Hall–Kier alpha value is -2.23. The van der Waals surface area contributed by atoms with Crippen molar-refractivity contribution in [1.82, 2.24) is 14.9 Å². The average Bonchev–Trinajstić information content (AvgIpc) is 2.84. The molecule has 0 spiro atoms. The van der Waals surface area contributed by atoms with E-state index in [2.05, 4.69) is 35.6 Å². The van der Waals surface area contributed by atoms with Crippen LogP contribution in [0.1, 0.15) is 50.4 Å². The van der Waals surface area contributed by atoms with Crippen LogP contribution < -0.4 is 0 Å². The number of hydrogen-bond donors (Lipinski definition) is 0. The molecule has 0 radical (unpaired) electrons. The van der Waals surface area contributed by atoms with E-state index in [1.165, 1.54) is 6.42 Å². The summed E-state index contributed by atoms with van der Waals surface area (Å²) in [6.07, 6.45) is 8.49. The number of aromatic nitrogens is 2. The van der Waals surface area contributed by atoms with Crippen LogP contribution in [0, 0.1) is 10.8 Å². The monoisotopic (exact) mass is 335 g/mol. The van der Waals surface area contributed by atoms with E-state index in [9.17, 15) is 4.79 Å². The topological polar surface area (TPSA) is 46.1 Å². The van der Waals surface area contributed by atoms with Crippen molar-refractivity contribution in [2.24, 2.45) is 10.8 Å². The lowest BCUT2D eigenvalue weighted by Crippen LogP contribution is -2.37. The second-order valence-corrected chi connectivity index (χ2v) is 8.82. The Morgan fingerprint density at radius 3 is 2.80 bits per heavy atom. The van der Waals surface area contributed by atoms with Gasteiger partial charge in [-0.2, -0.15) is 0 Å². The van der Waals surface area contributed by atoms with Crippen molar-refractivity contribution in [3.05, 3.63) is 48.4 Å². The number of likely N-dealkylation sites (tertiary alicyclic amines) is 1. The van der Waals surface area contributed by atoms with Gasteiger partial charge in [0.15, 0.2) is 0 Å². The second-order valence-electron chi connectivity index (χ2n) is 8.82. The van der Waals surface area contributed by atoms with Gasteiger partial charge in [0.05, 0.1) is 11.9 Å². The van der Waals surface area contributed by atoms with Gasteiger partial charge in [-0.3, -0.25) is 14.8 Å². The van der Waals surface area contributed by atoms with E-state index in [0.717, 1.165) is 36.2 Å². The minimum atomic E-state index is 0.150. The molecule has 2 fully saturated rings. The quantitative estimate of drug-likeness (QED) is 0.827. The lowest BCUT2D eigenvalue weighted by molar-refractivity contribution is 0.0708. The van der Waals surface area contributed by atoms with Crippen LogP contribution in [0.4, 0.5) is 0 Å². The van der Waals surface area contributed by atoms with Gasteiger partial charge < -0.3 is 4.90 Å². The predicted octanol–water partition coefficient (Wildman–Crippen LogP) is 4.18. The summed E-state index contributed by atoms with van der Waals surface area (Å²) in [6.45, 7) is 7.87. The van der Waals surface area contributed by atoms with Gasteiger partial charge in [0, 0.05) is 36.1 Å². The highest BCUT2D eigenvalue weighted by molar-refractivity contribution is 5.95. The zero-order valence-electron chi connectivity index (χ0n) is 15.2. The van der Waals surface area contributed by atoms with Crippen molar-refractivity contribution >= 4 is 5.91 Å². The van der Waals surface area contributed by atoms with Gasteiger partial charge in [-0.1, -0.05) is 32.9 Å². The SMILES string of the molecule is CC1(C)C[C@@H]2C[C@@](C)(CN2C(=O)c2cccc(-c3cnccn3)c2)C1. The Labute approximate surface area is 149 Å². The zero-order chi connectivity index (χ0) is 17.7. The van der Waals surface area contributed by atoms with Crippen LogP contribution in [0.5, 0.6) is 0 Å². The van der Waals surface area contributed by atoms with Gasteiger partial charge in [-0.15, -0.1) is 0 Å².